The predicted molar refractivity (Wildman–Crippen MR) is 76.8 cm³/mol. The zero-order valence-corrected chi connectivity index (χ0v) is 11.2. The molecule has 0 spiro atoms. The Morgan fingerprint density at radius 2 is 1.84 bits per heavy atom. The van der Waals surface area contributed by atoms with Crippen molar-refractivity contribution in [2.75, 3.05) is 24.2 Å². The maximum atomic E-state index is 12.8. The van der Waals surface area contributed by atoms with Crippen LogP contribution in [0.5, 0.6) is 0 Å². The molecule has 0 saturated carbocycles. The van der Waals surface area contributed by atoms with Gasteiger partial charge in [-0.05, 0) is 43.2 Å². The summed E-state index contributed by atoms with van der Waals surface area (Å²) in [5.41, 5.74) is 8.41. The Kier molecular flexibility index (Phi) is 4.00. The summed E-state index contributed by atoms with van der Waals surface area (Å²) in [6.45, 7) is 2.72. The van der Waals surface area contributed by atoms with Crippen molar-refractivity contribution in [3.05, 3.63) is 53.5 Å². The standard InChI is InChI=1S/C15H18FN3/c1-11-14(17)7-8-15(18-11)19(2)10-9-12-3-5-13(16)6-4-12/h3-8H,9-10,17H2,1-2H3. The lowest BCUT2D eigenvalue weighted by molar-refractivity contribution is 0.627. The van der Waals surface area contributed by atoms with Crippen LogP contribution >= 0.6 is 0 Å². The number of nitrogen functional groups attached to an aromatic ring is 1. The van der Waals surface area contributed by atoms with Crippen LogP contribution in [0, 0.1) is 12.7 Å². The lowest BCUT2D eigenvalue weighted by Crippen LogP contribution is -2.21. The molecular formula is C15H18FN3. The van der Waals surface area contributed by atoms with Crippen LogP contribution in [-0.4, -0.2) is 18.6 Å². The van der Waals surface area contributed by atoms with Crippen molar-refractivity contribution in [3.63, 3.8) is 0 Å². The van der Waals surface area contributed by atoms with Crippen molar-refractivity contribution >= 4 is 11.5 Å². The summed E-state index contributed by atoms with van der Waals surface area (Å²) < 4.78 is 12.8. The minimum atomic E-state index is -0.201. The number of nitrogens with two attached hydrogens (primary N) is 1. The molecule has 0 aliphatic heterocycles. The van der Waals surface area contributed by atoms with Crippen LogP contribution in [0.2, 0.25) is 0 Å². The summed E-state index contributed by atoms with van der Waals surface area (Å²) in [7, 11) is 1.99. The minimum Gasteiger partial charge on any atom is -0.397 e. The molecule has 1 heterocycles. The molecule has 0 aliphatic carbocycles. The summed E-state index contributed by atoms with van der Waals surface area (Å²) in [6, 6.07) is 10.4. The van der Waals surface area contributed by atoms with Crippen molar-refractivity contribution in [3.8, 4) is 0 Å². The number of hydrogen-bond acceptors (Lipinski definition) is 3. The number of hydrogen-bond donors (Lipinski definition) is 1. The highest BCUT2D eigenvalue weighted by Crippen LogP contribution is 2.15. The quantitative estimate of drug-likeness (QED) is 0.918. The molecule has 0 unspecified atom stereocenters. The molecule has 0 radical (unpaired) electrons. The highest BCUT2D eigenvalue weighted by atomic mass is 19.1. The summed E-state index contributed by atoms with van der Waals surface area (Å²) >= 11 is 0. The number of aryl methyl sites for hydroxylation is 1. The minimum absolute atomic E-state index is 0.201. The molecule has 0 aliphatic rings. The second-order valence-corrected chi connectivity index (χ2v) is 4.64. The third kappa shape index (κ3) is 3.44. The number of likely N-dealkylation sites (N-methyl/N-ethyl adjacent to an activating group) is 1. The second-order valence-electron chi connectivity index (χ2n) is 4.64. The van der Waals surface area contributed by atoms with E-state index in [0.29, 0.717) is 5.69 Å². The largest absolute Gasteiger partial charge is 0.397 e. The van der Waals surface area contributed by atoms with E-state index in [-0.39, 0.29) is 5.82 Å². The Bertz CT molecular complexity index is 552. The molecule has 2 aromatic rings. The topological polar surface area (TPSA) is 42.2 Å². The van der Waals surface area contributed by atoms with E-state index in [1.807, 2.05) is 38.2 Å². The number of benzene rings is 1. The number of rotatable bonds is 4. The molecule has 1 aromatic carbocycles. The molecule has 2 N–H and O–H groups in total. The Labute approximate surface area is 112 Å². The van der Waals surface area contributed by atoms with Crippen molar-refractivity contribution in [2.45, 2.75) is 13.3 Å². The highest BCUT2D eigenvalue weighted by Gasteiger charge is 2.04. The van der Waals surface area contributed by atoms with E-state index in [4.69, 9.17) is 5.73 Å². The molecule has 0 fully saturated rings. The monoisotopic (exact) mass is 259 g/mol. The molecule has 0 atom stereocenters. The van der Waals surface area contributed by atoms with Crippen molar-refractivity contribution in [1.29, 1.82) is 0 Å². The Morgan fingerprint density at radius 3 is 2.47 bits per heavy atom. The molecule has 19 heavy (non-hydrogen) atoms. The van der Waals surface area contributed by atoms with E-state index >= 15 is 0 Å². The van der Waals surface area contributed by atoms with Gasteiger partial charge in [0.05, 0.1) is 11.4 Å². The fraction of sp³-hybridized carbons (Fsp3) is 0.267. The van der Waals surface area contributed by atoms with Crippen LogP contribution in [-0.2, 0) is 6.42 Å². The highest BCUT2D eigenvalue weighted by molar-refractivity contribution is 5.50. The van der Waals surface area contributed by atoms with Crippen LogP contribution in [0.1, 0.15) is 11.3 Å². The van der Waals surface area contributed by atoms with Crippen LogP contribution in [0.25, 0.3) is 0 Å². The van der Waals surface area contributed by atoms with E-state index in [1.54, 1.807) is 0 Å². The molecule has 1 aromatic heterocycles. The summed E-state index contributed by atoms with van der Waals surface area (Å²) in [5.74, 6) is 0.696. The Balaban J connectivity index is 1.98. The van der Waals surface area contributed by atoms with Gasteiger partial charge in [-0.25, -0.2) is 9.37 Å². The molecule has 0 bridgehead atoms. The van der Waals surface area contributed by atoms with Crippen molar-refractivity contribution in [2.24, 2.45) is 0 Å². The lowest BCUT2D eigenvalue weighted by atomic mass is 10.1. The van der Waals surface area contributed by atoms with Gasteiger partial charge in [-0.3, -0.25) is 0 Å². The van der Waals surface area contributed by atoms with E-state index < -0.39 is 0 Å². The SMILES string of the molecule is Cc1nc(N(C)CCc2ccc(F)cc2)ccc1N. The second kappa shape index (κ2) is 5.69. The zero-order valence-electron chi connectivity index (χ0n) is 11.2. The third-order valence-corrected chi connectivity index (χ3v) is 3.15. The van der Waals surface area contributed by atoms with Crippen LogP contribution in [0.3, 0.4) is 0 Å². The number of halogens is 1. The molecular weight excluding hydrogens is 241 g/mol. The van der Waals surface area contributed by atoms with Crippen LogP contribution in [0.4, 0.5) is 15.9 Å². The zero-order chi connectivity index (χ0) is 13.8. The van der Waals surface area contributed by atoms with Gasteiger partial charge in [0.15, 0.2) is 0 Å². The first-order valence-electron chi connectivity index (χ1n) is 6.25. The molecule has 3 nitrogen and oxygen atoms in total. The third-order valence-electron chi connectivity index (χ3n) is 3.15. The average Bonchev–Trinajstić information content (AvgIpc) is 2.41. The molecule has 2 rings (SSSR count). The number of nitrogens with zero attached hydrogens (tertiary/aromatic N) is 2. The Morgan fingerprint density at radius 1 is 1.16 bits per heavy atom. The van der Waals surface area contributed by atoms with Gasteiger partial charge in [-0.1, -0.05) is 12.1 Å². The maximum absolute atomic E-state index is 12.8. The predicted octanol–water partition coefficient (Wildman–Crippen LogP) is 2.79. The molecule has 4 heteroatoms. The number of aromatic nitrogens is 1. The number of pyridine rings is 1. The van der Waals surface area contributed by atoms with E-state index in [0.717, 1.165) is 30.0 Å². The van der Waals surface area contributed by atoms with Gasteiger partial charge in [-0.15, -0.1) is 0 Å². The van der Waals surface area contributed by atoms with E-state index in [2.05, 4.69) is 9.88 Å². The normalized spacial score (nSPS) is 10.5. The summed E-state index contributed by atoms with van der Waals surface area (Å²) in [4.78, 5) is 6.51. The first kappa shape index (κ1) is 13.3. The van der Waals surface area contributed by atoms with Crippen LogP contribution in [0.15, 0.2) is 36.4 Å². The first-order valence-corrected chi connectivity index (χ1v) is 6.25. The summed E-state index contributed by atoms with van der Waals surface area (Å²) in [5, 5.41) is 0. The molecule has 0 amide bonds. The van der Waals surface area contributed by atoms with Gasteiger partial charge in [0.1, 0.15) is 11.6 Å². The van der Waals surface area contributed by atoms with E-state index in [9.17, 15) is 4.39 Å². The van der Waals surface area contributed by atoms with Gasteiger partial charge in [0.25, 0.3) is 0 Å². The molecule has 100 valence electrons. The Hall–Kier alpha value is -2.10. The van der Waals surface area contributed by atoms with Gasteiger partial charge < -0.3 is 10.6 Å². The van der Waals surface area contributed by atoms with Crippen molar-refractivity contribution < 1.29 is 4.39 Å². The fourth-order valence-electron chi connectivity index (χ4n) is 1.83. The van der Waals surface area contributed by atoms with Crippen LogP contribution < -0.4 is 10.6 Å². The van der Waals surface area contributed by atoms with Gasteiger partial charge in [0, 0.05) is 13.6 Å². The smallest absolute Gasteiger partial charge is 0.128 e. The van der Waals surface area contributed by atoms with Gasteiger partial charge in [0.2, 0.25) is 0 Å². The van der Waals surface area contributed by atoms with E-state index in [1.165, 1.54) is 12.1 Å². The summed E-state index contributed by atoms with van der Waals surface area (Å²) in [6.07, 6.45) is 0.849. The first-order chi connectivity index (χ1) is 9.06. The number of anilines is 2. The van der Waals surface area contributed by atoms with Gasteiger partial charge >= 0.3 is 0 Å². The van der Waals surface area contributed by atoms with Gasteiger partial charge in [-0.2, -0.15) is 0 Å². The average molecular weight is 259 g/mol. The van der Waals surface area contributed by atoms with Crippen molar-refractivity contribution in [1.82, 2.24) is 4.98 Å². The lowest BCUT2D eigenvalue weighted by Gasteiger charge is -2.19. The molecule has 0 saturated heterocycles. The fourth-order valence-corrected chi connectivity index (χ4v) is 1.83. The maximum Gasteiger partial charge on any atom is 0.128 e.